The molecule has 138 valence electrons. The molecule has 3 saturated carbocycles. The quantitative estimate of drug-likeness (QED) is 0.708. The third kappa shape index (κ3) is 2.06. The molecule has 0 unspecified atom stereocenters. The van der Waals surface area contributed by atoms with Crippen LogP contribution in [-0.2, 0) is 16.8 Å². The average molecular weight is 367 g/mol. The number of amides is 1. The lowest BCUT2D eigenvalue weighted by molar-refractivity contribution is -0.173. The molecule has 2 heterocycles. The van der Waals surface area contributed by atoms with Crippen LogP contribution in [0.1, 0.15) is 30.4 Å². The maximum absolute atomic E-state index is 13.7. The normalized spacial score (nSPS) is 26.6. The minimum atomic E-state index is -0.199. The van der Waals surface area contributed by atoms with Crippen LogP contribution in [0.25, 0.3) is 0 Å². The van der Waals surface area contributed by atoms with Crippen LogP contribution in [0.5, 0.6) is 0 Å². The molecule has 1 N–H and O–H groups in total. The number of hydrogen-bond donors (Lipinski definition) is 1. The van der Waals surface area contributed by atoms with Gasteiger partial charge in [0.25, 0.3) is 0 Å². The summed E-state index contributed by atoms with van der Waals surface area (Å²) in [5.74, 6) is 1.10. The Labute approximate surface area is 164 Å². The van der Waals surface area contributed by atoms with Crippen LogP contribution < -0.4 is 10.2 Å². The van der Waals surface area contributed by atoms with E-state index in [1.165, 1.54) is 5.56 Å². The van der Waals surface area contributed by atoms with Gasteiger partial charge >= 0.3 is 0 Å². The van der Waals surface area contributed by atoms with Crippen LogP contribution in [-0.4, -0.2) is 10.9 Å². The van der Waals surface area contributed by atoms with Gasteiger partial charge in [0.2, 0.25) is 5.91 Å². The van der Waals surface area contributed by atoms with E-state index in [4.69, 9.17) is 0 Å². The van der Waals surface area contributed by atoms with Gasteiger partial charge < -0.3 is 10.2 Å². The first kappa shape index (κ1) is 15.9. The zero-order valence-electron chi connectivity index (χ0n) is 15.6. The van der Waals surface area contributed by atoms with Gasteiger partial charge in [-0.15, -0.1) is 0 Å². The average Bonchev–Trinajstić information content (AvgIpc) is 2.83. The molecule has 3 aromatic rings. The topological polar surface area (TPSA) is 45.2 Å². The van der Waals surface area contributed by atoms with Crippen molar-refractivity contribution in [3.8, 4) is 0 Å². The number of carbonyl (C=O) groups excluding carboxylic acids is 1. The van der Waals surface area contributed by atoms with Gasteiger partial charge in [-0.05, 0) is 48.4 Å². The molecule has 2 aromatic carbocycles. The van der Waals surface area contributed by atoms with Crippen molar-refractivity contribution in [3.63, 3.8) is 0 Å². The molecule has 3 fully saturated rings. The van der Waals surface area contributed by atoms with Crippen LogP contribution in [0.3, 0.4) is 0 Å². The number of benzene rings is 2. The smallest absolute Gasteiger partial charge is 0.233 e. The van der Waals surface area contributed by atoms with Crippen molar-refractivity contribution in [2.24, 2.45) is 5.41 Å². The molecule has 1 amide bonds. The third-order valence-corrected chi connectivity index (χ3v) is 6.78. The summed E-state index contributed by atoms with van der Waals surface area (Å²) in [6.45, 7) is 0.562. The maximum atomic E-state index is 13.7. The summed E-state index contributed by atoms with van der Waals surface area (Å²) < 4.78 is 0. The monoisotopic (exact) mass is 367 g/mol. The second-order valence-electron chi connectivity index (χ2n) is 8.50. The van der Waals surface area contributed by atoms with E-state index in [-0.39, 0.29) is 16.7 Å². The Hall–Kier alpha value is -3.14. The van der Waals surface area contributed by atoms with E-state index in [0.29, 0.717) is 6.54 Å². The van der Waals surface area contributed by atoms with Crippen molar-refractivity contribution in [2.75, 3.05) is 10.2 Å². The Morgan fingerprint density at radius 1 is 0.929 bits per heavy atom. The van der Waals surface area contributed by atoms with E-state index < -0.39 is 0 Å². The Bertz CT molecular complexity index is 1070. The van der Waals surface area contributed by atoms with E-state index in [1.54, 1.807) is 6.20 Å². The van der Waals surface area contributed by atoms with Gasteiger partial charge in [-0.25, -0.2) is 4.98 Å². The molecular weight excluding hydrogens is 346 g/mol. The Kier molecular flexibility index (Phi) is 3.09. The molecule has 7 rings (SSSR count). The van der Waals surface area contributed by atoms with Crippen LogP contribution in [0.15, 0.2) is 72.9 Å². The highest BCUT2D eigenvalue weighted by Gasteiger charge is 2.72. The van der Waals surface area contributed by atoms with Gasteiger partial charge in [-0.3, -0.25) is 4.79 Å². The summed E-state index contributed by atoms with van der Waals surface area (Å²) in [5, 5.41) is 3.42. The van der Waals surface area contributed by atoms with E-state index in [1.807, 2.05) is 35.2 Å². The molecule has 4 aliphatic rings. The fourth-order valence-corrected chi connectivity index (χ4v) is 5.46. The van der Waals surface area contributed by atoms with Crippen LogP contribution in [0.2, 0.25) is 0 Å². The molecule has 4 nitrogen and oxygen atoms in total. The van der Waals surface area contributed by atoms with Crippen molar-refractivity contribution in [1.82, 2.24) is 4.98 Å². The molecule has 4 heteroatoms. The largest absolute Gasteiger partial charge is 0.338 e. The molecule has 0 radical (unpaired) electrons. The molecule has 0 spiro atoms. The minimum Gasteiger partial charge on any atom is -0.338 e. The predicted octanol–water partition coefficient (Wildman–Crippen LogP) is 4.79. The first-order valence-electron chi connectivity index (χ1n) is 9.87. The van der Waals surface area contributed by atoms with Gasteiger partial charge in [0, 0.05) is 11.8 Å². The lowest BCUT2D eigenvalue weighted by atomic mass is 9.33. The first-order chi connectivity index (χ1) is 13.7. The Morgan fingerprint density at radius 3 is 2.50 bits per heavy atom. The Morgan fingerprint density at radius 2 is 1.68 bits per heavy atom. The summed E-state index contributed by atoms with van der Waals surface area (Å²) >= 11 is 0. The third-order valence-electron chi connectivity index (χ3n) is 6.78. The van der Waals surface area contributed by atoms with Gasteiger partial charge in [0.15, 0.2) is 0 Å². The molecule has 28 heavy (non-hydrogen) atoms. The summed E-state index contributed by atoms with van der Waals surface area (Å²) in [5.41, 5.74) is 4.35. The number of nitrogens with zero attached hydrogens (tertiary/aromatic N) is 2. The number of rotatable bonds is 2. The molecule has 0 saturated heterocycles. The predicted molar refractivity (Wildman–Crippen MR) is 110 cm³/mol. The standard InChI is InChI=1S/C24H21N3O/c28-22(24-14-23(15-24,16-24)18-8-2-1-3-9-18)27-13-17-7-6-12-25-21(17)26-19-10-4-5-11-20(19)27/h1-12H,13-16H2,(H,25,26). The number of pyridine rings is 1. The van der Waals surface area contributed by atoms with E-state index in [9.17, 15) is 4.79 Å². The van der Waals surface area contributed by atoms with Crippen molar-refractivity contribution in [1.29, 1.82) is 0 Å². The van der Waals surface area contributed by atoms with Crippen LogP contribution >= 0.6 is 0 Å². The molecule has 1 aromatic heterocycles. The van der Waals surface area contributed by atoms with Crippen LogP contribution in [0, 0.1) is 5.41 Å². The summed E-state index contributed by atoms with van der Waals surface area (Å²) in [7, 11) is 0. The van der Waals surface area contributed by atoms with E-state index >= 15 is 0 Å². The molecule has 2 bridgehead atoms. The molecule has 1 aliphatic heterocycles. The Balaban J connectivity index is 1.34. The number of fused-ring (bicyclic) bond motifs is 2. The number of anilines is 3. The number of nitrogens with one attached hydrogen (secondary N) is 1. The van der Waals surface area contributed by atoms with E-state index in [0.717, 1.165) is 42.0 Å². The number of hydrogen-bond acceptors (Lipinski definition) is 3. The minimum absolute atomic E-state index is 0.199. The summed E-state index contributed by atoms with van der Waals surface area (Å²) in [4.78, 5) is 20.2. The highest BCUT2D eigenvalue weighted by atomic mass is 16.2. The van der Waals surface area contributed by atoms with Gasteiger partial charge in [0.1, 0.15) is 5.82 Å². The van der Waals surface area contributed by atoms with Gasteiger partial charge in [-0.2, -0.15) is 0 Å². The molecular formula is C24H21N3O. The zero-order valence-corrected chi connectivity index (χ0v) is 15.6. The lowest BCUT2D eigenvalue weighted by Gasteiger charge is -2.70. The van der Waals surface area contributed by atoms with Crippen molar-refractivity contribution in [3.05, 3.63) is 84.1 Å². The van der Waals surface area contributed by atoms with Gasteiger partial charge in [-0.1, -0.05) is 48.5 Å². The second-order valence-corrected chi connectivity index (χ2v) is 8.50. The maximum Gasteiger partial charge on any atom is 0.233 e. The molecule has 3 aliphatic carbocycles. The number of para-hydroxylation sites is 2. The number of carbonyl (C=O) groups is 1. The highest BCUT2D eigenvalue weighted by Crippen LogP contribution is 2.74. The fourth-order valence-electron chi connectivity index (χ4n) is 5.46. The lowest BCUT2D eigenvalue weighted by Crippen LogP contribution is -2.70. The second kappa shape index (κ2) is 5.44. The zero-order chi connectivity index (χ0) is 18.8. The first-order valence-corrected chi connectivity index (χ1v) is 9.87. The summed E-state index contributed by atoms with van der Waals surface area (Å²) in [6, 6.07) is 22.7. The number of aromatic nitrogens is 1. The van der Waals surface area contributed by atoms with Crippen molar-refractivity contribution in [2.45, 2.75) is 31.2 Å². The highest BCUT2D eigenvalue weighted by molar-refractivity contribution is 6.03. The molecule has 0 atom stereocenters. The SMILES string of the molecule is O=C(N1Cc2cccnc2Nc2ccccc21)C12CC(c3ccccc3)(C1)C2. The van der Waals surface area contributed by atoms with Gasteiger partial charge in [0.05, 0.1) is 23.3 Å². The van der Waals surface area contributed by atoms with Crippen molar-refractivity contribution < 1.29 is 4.79 Å². The van der Waals surface area contributed by atoms with E-state index in [2.05, 4.69) is 46.7 Å². The fraction of sp³-hybridized carbons (Fsp3) is 0.250. The van der Waals surface area contributed by atoms with Crippen molar-refractivity contribution >= 4 is 23.1 Å². The summed E-state index contributed by atoms with van der Waals surface area (Å²) in [6.07, 6.45) is 4.69. The van der Waals surface area contributed by atoms with Crippen LogP contribution in [0.4, 0.5) is 17.2 Å².